The van der Waals surface area contributed by atoms with Gasteiger partial charge in [-0.05, 0) is 17.5 Å². The van der Waals surface area contributed by atoms with Crippen LogP contribution in [0.1, 0.15) is 40.5 Å². The molecule has 4 nitrogen and oxygen atoms in total. The molecule has 0 aliphatic heterocycles. The fourth-order valence-electron chi connectivity index (χ4n) is 2.67. The molecule has 1 aromatic heterocycles. The second kappa shape index (κ2) is 8.00. The van der Waals surface area contributed by atoms with Gasteiger partial charge in [0.1, 0.15) is 11.3 Å². The van der Waals surface area contributed by atoms with Gasteiger partial charge in [-0.1, -0.05) is 37.3 Å². The smallest absolute Gasteiger partial charge is 0.283 e. The van der Waals surface area contributed by atoms with Crippen LogP contribution in [0, 0.1) is 5.95 Å². The molecule has 0 unspecified atom stereocenters. The second-order valence-electron chi connectivity index (χ2n) is 5.57. The summed E-state index contributed by atoms with van der Waals surface area (Å²) in [6.45, 7) is 5.85. The molecule has 0 fully saturated rings. The van der Waals surface area contributed by atoms with Crippen molar-refractivity contribution in [1.29, 1.82) is 0 Å². The van der Waals surface area contributed by atoms with Crippen LogP contribution in [0.5, 0.6) is 0 Å². The molecule has 25 heavy (non-hydrogen) atoms. The van der Waals surface area contributed by atoms with Crippen LogP contribution < -0.4 is 0 Å². The molecule has 0 N–H and O–H groups in total. The Bertz CT molecular complexity index is 771. The molecule has 1 aromatic carbocycles. The Morgan fingerprint density at radius 1 is 1.36 bits per heavy atom. The number of aryl methyl sites for hydroxylation is 2. The van der Waals surface area contributed by atoms with Crippen LogP contribution in [0.15, 0.2) is 36.9 Å². The van der Waals surface area contributed by atoms with E-state index in [9.17, 15) is 18.0 Å². The summed E-state index contributed by atoms with van der Waals surface area (Å²) in [5, 5.41) is 3.43. The number of benzene rings is 1. The van der Waals surface area contributed by atoms with E-state index in [0.717, 1.165) is 17.5 Å². The minimum Gasteiger partial charge on any atom is -0.330 e. The SMILES string of the molecule is C=CCN(Cc1ccccc1CC)C(=O)c1c(C(F)F)nn(C)c1F. The Hall–Kier alpha value is -2.57. The topological polar surface area (TPSA) is 38.1 Å². The average Bonchev–Trinajstić information content (AvgIpc) is 2.90. The van der Waals surface area contributed by atoms with E-state index in [4.69, 9.17) is 0 Å². The zero-order valence-corrected chi connectivity index (χ0v) is 14.2. The van der Waals surface area contributed by atoms with E-state index in [-0.39, 0.29) is 13.1 Å². The third kappa shape index (κ3) is 3.92. The summed E-state index contributed by atoms with van der Waals surface area (Å²) in [5.41, 5.74) is 0.379. The van der Waals surface area contributed by atoms with E-state index >= 15 is 0 Å². The number of rotatable bonds is 7. The lowest BCUT2D eigenvalue weighted by Crippen LogP contribution is -2.32. The fraction of sp³-hybridized carbons (Fsp3) is 0.333. The third-order valence-electron chi connectivity index (χ3n) is 3.92. The fourth-order valence-corrected chi connectivity index (χ4v) is 2.67. The van der Waals surface area contributed by atoms with Crippen molar-refractivity contribution in [3.63, 3.8) is 0 Å². The number of alkyl halides is 2. The molecular formula is C18H20F3N3O. The Morgan fingerprint density at radius 3 is 2.56 bits per heavy atom. The lowest BCUT2D eigenvalue weighted by molar-refractivity contribution is 0.0744. The lowest BCUT2D eigenvalue weighted by Gasteiger charge is -2.22. The maximum Gasteiger partial charge on any atom is 0.283 e. The van der Waals surface area contributed by atoms with Gasteiger partial charge in [0.25, 0.3) is 12.3 Å². The summed E-state index contributed by atoms with van der Waals surface area (Å²) >= 11 is 0. The molecule has 1 amide bonds. The summed E-state index contributed by atoms with van der Waals surface area (Å²) < 4.78 is 41.2. The molecule has 0 saturated carbocycles. The van der Waals surface area contributed by atoms with Crippen LogP contribution >= 0.6 is 0 Å². The molecule has 0 radical (unpaired) electrons. The summed E-state index contributed by atoms with van der Waals surface area (Å²) in [5.74, 6) is -1.90. The third-order valence-corrected chi connectivity index (χ3v) is 3.92. The van der Waals surface area contributed by atoms with E-state index in [2.05, 4.69) is 11.7 Å². The van der Waals surface area contributed by atoms with Crippen molar-refractivity contribution < 1.29 is 18.0 Å². The van der Waals surface area contributed by atoms with Crippen molar-refractivity contribution in [2.24, 2.45) is 7.05 Å². The number of halogens is 3. The van der Waals surface area contributed by atoms with Crippen LogP contribution in [0.3, 0.4) is 0 Å². The zero-order valence-electron chi connectivity index (χ0n) is 14.2. The van der Waals surface area contributed by atoms with Gasteiger partial charge in [0.05, 0.1) is 0 Å². The minimum atomic E-state index is -3.04. The number of carbonyl (C=O) groups is 1. The van der Waals surface area contributed by atoms with Crippen molar-refractivity contribution in [1.82, 2.24) is 14.7 Å². The van der Waals surface area contributed by atoms with E-state index in [1.54, 1.807) is 0 Å². The predicted octanol–water partition coefficient (Wildman–Crippen LogP) is 3.89. The van der Waals surface area contributed by atoms with Crippen LogP contribution in [0.25, 0.3) is 0 Å². The second-order valence-corrected chi connectivity index (χ2v) is 5.57. The highest BCUT2D eigenvalue weighted by molar-refractivity contribution is 5.95. The largest absolute Gasteiger partial charge is 0.330 e. The predicted molar refractivity (Wildman–Crippen MR) is 88.9 cm³/mol. The lowest BCUT2D eigenvalue weighted by atomic mass is 10.0. The molecule has 0 bridgehead atoms. The van der Waals surface area contributed by atoms with E-state index in [1.165, 1.54) is 18.0 Å². The Balaban J connectivity index is 2.41. The maximum absolute atomic E-state index is 14.2. The van der Waals surface area contributed by atoms with Gasteiger partial charge in [0.15, 0.2) is 0 Å². The molecule has 2 aromatic rings. The number of carbonyl (C=O) groups excluding carboxylic acids is 1. The number of aromatic nitrogens is 2. The molecule has 7 heteroatoms. The summed E-state index contributed by atoms with van der Waals surface area (Å²) in [7, 11) is 1.18. The molecule has 0 spiro atoms. The standard InChI is InChI=1S/C18H20F3N3O/c1-4-10-24(11-13-9-7-6-8-12(13)5-2)18(25)14-15(16(19)20)22-23(3)17(14)21/h4,6-9,16H,1,5,10-11H2,2-3H3. The number of hydrogen-bond donors (Lipinski definition) is 0. The highest BCUT2D eigenvalue weighted by Crippen LogP contribution is 2.25. The summed E-state index contributed by atoms with van der Waals surface area (Å²) in [6, 6.07) is 7.51. The van der Waals surface area contributed by atoms with Crippen LogP contribution in [0.2, 0.25) is 0 Å². The van der Waals surface area contributed by atoms with Crippen molar-refractivity contribution in [2.45, 2.75) is 26.3 Å². The zero-order chi connectivity index (χ0) is 18.6. The van der Waals surface area contributed by atoms with E-state index < -0.39 is 29.5 Å². The van der Waals surface area contributed by atoms with Gasteiger partial charge in [-0.25, -0.2) is 13.5 Å². The Labute approximate surface area is 144 Å². The minimum absolute atomic E-state index is 0.105. The molecule has 1 heterocycles. The van der Waals surface area contributed by atoms with Gasteiger partial charge in [0.2, 0.25) is 5.95 Å². The van der Waals surface area contributed by atoms with Crippen molar-refractivity contribution in [2.75, 3.05) is 6.54 Å². The highest BCUT2D eigenvalue weighted by atomic mass is 19.3. The molecule has 2 rings (SSSR count). The average molecular weight is 351 g/mol. The van der Waals surface area contributed by atoms with E-state index in [1.807, 2.05) is 31.2 Å². The van der Waals surface area contributed by atoms with Gasteiger partial charge in [0, 0.05) is 20.1 Å². The Kier molecular flexibility index (Phi) is 6.01. The van der Waals surface area contributed by atoms with Crippen LogP contribution in [-0.2, 0) is 20.0 Å². The van der Waals surface area contributed by atoms with Crippen molar-refractivity contribution in [3.8, 4) is 0 Å². The van der Waals surface area contributed by atoms with Crippen molar-refractivity contribution >= 4 is 5.91 Å². The molecule has 0 saturated heterocycles. The van der Waals surface area contributed by atoms with E-state index in [0.29, 0.717) is 4.68 Å². The van der Waals surface area contributed by atoms with Gasteiger partial charge < -0.3 is 4.90 Å². The van der Waals surface area contributed by atoms with Crippen LogP contribution in [0.4, 0.5) is 13.2 Å². The number of amides is 1. The van der Waals surface area contributed by atoms with Crippen molar-refractivity contribution in [3.05, 3.63) is 65.3 Å². The maximum atomic E-state index is 14.2. The quantitative estimate of drug-likeness (QED) is 0.710. The van der Waals surface area contributed by atoms with Gasteiger partial charge in [-0.15, -0.1) is 6.58 Å². The first-order valence-corrected chi connectivity index (χ1v) is 7.88. The first kappa shape index (κ1) is 18.8. The highest BCUT2D eigenvalue weighted by Gasteiger charge is 2.31. The number of nitrogens with zero attached hydrogens (tertiary/aromatic N) is 3. The molecule has 134 valence electrons. The number of hydrogen-bond acceptors (Lipinski definition) is 2. The first-order chi connectivity index (χ1) is 11.9. The summed E-state index contributed by atoms with van der Waals surface area (Å²) in [4.78, 5) is 14.0. The van der Waals surface area contributed by atoms with Gasteiger partial charge >= 0.3 is 0 Å². The monoisotopic (exact) mass is 351 g/mol. The molecule has 0 atom stereocenters. The van der Waals surface area contributed by atoms with Gasteiger partial charge in [-0.3, -0.25) is 4.79 Å². The molecular weight excluding hydrogens is 331 g/mol. The molecule has 0 aliphatic carbocycles. The summed E-state index contributed by atoms with van der Waals surface area (Å²) in [6.07, 6.45) is -0.804. The van der Waals surface area contributed by atoms with Crippen LogP contribution in [-0.4, -0.2) is 27.1 Å². The van der Waals surface area contributed by atoms with Gasteiger partial charge in [-0.2, -0.15) is 9.49 Å². The Morgan fingerprint density at radius 2 is 2.00 bits per heavy atom. The first-order valence-electron chi connectivity index (χ1n) is 7.88. The normalized spacial score (nSPS) is 11.0. The molecule has 0 aliphatic rings.